The van der Waals surface area contributed by atoms with Crippen molar-refractivity contribution in [2.24, 2.45) is 0 Å². The lowest BCUT2D eigenvalue weighted by atomic mass is 9.98. The molecule has 1 aliphatic rings. The Labute approximate surface area is 214 Å². The van der Waals surface area contributed by atoms with Crippen LogP contribution < -0.4 is 15.5 Å². The molecule has 2 amide bonds. The number of rotatable bonds is 6. The van der Waals surface area contributed by atoms with E-state index in [1.165, 1.54) is 11.1 Å². The Bertz CT molecular complexity index is 1410. The van der Waals surface area contributed by atoms with Crippen LogP contribution in [0.3, 0.4) is 0 Å². The maximum absolute atomic E-state index is 13.4. The summed E-state index contributed by atoms with van der Waals surface area (Å²) in [6.07, 6.45) is 4.32. The topological polar surface area (TPSA) is 74.3 Å². The fourth-order valence-corrected chi connectivity index (χ4v) is 4.62. The number of fused-ring (bicyclic) bond motifs is 1. The van der Waals surface area contributed by atoms with Crippen LogP contribution in [-0.4, -0.2) is 23.3 Å². The summed E-state index contributed by atoms with van der Waals surface area (Å²) in [6.45, 7) is 1.86. The van der Waals surface area contributed by atoms with Gasteiger partial charge in [-0.15, -0.1) is 0 Å². The summed E-state index contributed by atoms with van der Waals surface area (Å²) in [4.78, 5) is 32.6. The number of pyridine rings is 1. The van der Waals surface area contributed by atoms with Gasteiger partial charge in [0.1, 0.15) is 0 Å². The first-order chi connectivity index (χ1) is 17.6. The van der Waals surface area contributed by atoms with Crippen molar-refractivity contribution in [1.29, 1.82) is 0 Å². The molecular formula is C29H25ClN4O2. The highest BCUT2D eigenvalue weighted by molar-refractivity contribution is 6.34. The monoisotopic (exact) mass is 496 g/mol. The second-order valence-corrected chi connectivity index (χ2v) is 9.06. The van der Waals surface area contributed by atoms with Crippen LogP contribution in [0.1, 0.15) is 37.4 Å². The van der Waals surface area contributed by atoms with Crippen LogP contribution in [0.25, 0.3) is 0 Å². The molecule has 1 aromatic heterocycles. The Morgan fingerprint density at radius 2 is 1.69 bits per heavy atom. The Morgan fingerprint density at radius 1 is 0.889 bits per heavy atom. The van der Waals surface area contributed by atoms with Crippen molar-refractivity contribution in [3.63, 3.8) is 0 Å². The van der Waals surface area contributed by atoms with Gasteiger partial charge in [0.15, 0.2) is 0 Å². The predicted molar refractivity (Wildman–Crippen MR) is 142 cm³/mol. The number of amides is 2. The average Bonchev–Trinajstić information content (AvgIpc) is 2.92. The fourth-order valence-electron chi connectivity index (χ4n) is 4.40. The van der Waals surface area contributed by atoms with Crippen molar-refractivity contribution in [3.05, 3.63) is 124 Å². The van der Waals surface area contributed by atoms with Gasteiger partial charge in [0.25, 0.3) is 11.8 Å². The van der Waals surface area contributed by atoms with Gasteiger partial charge < -0.3 is 15.5 Å². The summed E-state index contributed by atoms with van der Waals surface area (Å²) in [5.74, 6) is -0.552. The van der Waals surface area contributed by atoms with Gasteiger partial charge in [-0.3, -0.25) is 14.6 Å². The van der Waals surface area contributed by atoms with Crippen LogP contribution in [-0.2, 0) is 19.5 Å². The number of nitrogens with zero attached hydrogens (tertiary/aromatic N) is 2. The molecular weight excluding hydrogens is 472 g/mol. The number of aromatic nitrogens is 1. The van der Waals surface area contributed by atoms with Gasteiger partial charge >= 0.3 is 0 Å². The summed E-state index contributed by atoms with van der Waals surface area (Å²) in [5.41, 5.74) is 5.70. The van der Waals surface area contributed by atoms with E-state index in [1.54, 1.807) is 42.7 Å². The second-order valence-electron chi connectivity index (χ2n) is 8.65. The van der Waals surface area contributed by atoms with Gasteiger partial charge in [-0.05, 0) is 59.5 Å². The molecule has 0 spiro atoms. The van der Waals surface area contributed by atoms with E-state index >= 15 is 0 Å². The molecule has 5 rings (SSSR count). The summed E-state index contributed by atoms with van der Waals surface area (Å²) < 4.78 is 0. The largest absolute Gasteiger partial charge is 0.366 e. The van der Waals surface area contributed by atoms with E-state index in [9.17, 15) is 9.59 Å². The van der Waals surface area contributed by atoms with E-state index < -0.39 is 0 Å². The summed E-state index contributed by atoms with van der Waals surface area (Å²) in [5, 5.41) is 6.25. The third kappa shape index (κ3) is 5.24. The first-order valence-electron chi connectivity index (χ1n) is 11.8. The molecule has 4 aromatic rings. The van der Waals surface area contributed by atoms with Crippen LogP contribution in [0, 0.1) is 0 Å². The van der Waals surface area contributed by atoms with Crippen LogP contribution >= 0.6 is 11.6 Å². The van der Waals surface area contributed by atoms with Crippen LogP contribution in [0.5, 0.6) is 0 Å². The van der Waals surface area contributed by atoms with Crippen molar-refractivity contribution in [2.45, 2.75) is 19.5 Å². The number of carbonyl (C=O) groups excluding carboxylic acids is 2. The lowest BCUT2D eigenvalue weighted by Gasteiger charge is -2.32. The maximum atomic E-state index is 13.4. The first kappa shape index (κ1) is 23.6. The van der Waals surface area contributed by atoms with Gasteiger partial charge in [0, 0.05) is 43.4 Å². The molecule has 6 nitrogen and oxygen atoms in total. The SMILES string of the molecule is O=C(Nc1ccc(N2CCc3ccccc3C2)c(C(=O)NCc2cccnc2)c1)c1ccccc1Cl. The van der Waals surface area contributed by atoms with Gasteiger partial charge in [-0.25, -0.2) is 0 Å². The Morgan fingerprint density at radius 3 is 2.50 bits per heavy atom. The number of carbonyl (C=O) groups is 2. The number of hydrogen-bond donors (Lipinski definition) is 2. The van der Waals surface area contributed by atoms with Crippen LogP contribution in [0.4, 0.5) is 11.4 Å². The molecule has 0 radical (unpaired) electrons. The molecule has 0 unspecified atom stereocenters. The van der Waals surface area contributed by atoms with Crippen LogP contribution in [0.2, 0.25) is 5.02 Å². The molecule has 1 aliphatic heterocycles. The zero-order valence-corrected chi connectivity index (χ0v) is 20.3. The van der Waals surface area contributed by atoms with Crippen LogP contribution in [0.15, 0.2) is 91.3 Å². The molecule has 0 saturated carbocycles. The normalized spacial score (nSPS) is 12.5. The highest BCUT2D eigenvalue weighted by Gasteiger charge is 2.22. The number of benzene rings is 3. The Hall–Kier alpha value is -4.16. The van der Waals surface area contributed by atoms with Crippen molar-refractivity contribution in [3.8, 4) is 0 Å². The molecule has 2 heterocycles. The molecule has 0 bridgehead atoms. The molecule has 3 aromatic carbocycles. The molecule has 0 saturated heterocycles. The minimum absolute atomic E-state index is 0.221. The summed E-state index contributed by atoms with van der Waals surface area (Å²) in [6, 6.07) is 24.4. The highest BCUT2D eigenvalue weighted by atomic mass is 35.5. The minimum atomic E-state index is -0.332. The molecule has 0 aliphatic carbocycles. The smallest absolute Gasteiger partial charge is 0.257 e. The molecule has 0 fully saturated rings. The standard InChI is InChI=1S/C29H25ClN4O2/c30-26-10-4-3-9-24(26)29(36)33-23-11-12-27(34-15-13-21-7-1-2-8-22(21)19-34)25(16-23)28(35)32-18-20-6-5-14-31-17-20/h1-12,14,16-17H,13,15,18-19H2,(H,32,35)(H,33,36). The third-order valence-electron chi connectivity index (χ3n) is 6.26. The fraction of sp³-hybridized carbons (Fsp3) is 0.138. The Balaban J connectivity index is 1.43. The lowest BCUT2D eigenvalue weighted by Crippen LogP contribution is -2.33. The first-order valence-corrected chi connectivity index (χ1v) is 12.1. The van der Waals surface area contributed by atoms with E-state index in [4.69, 9.17) is 11.6 Å². The molecule has 0 atom stereocenters. The quantitative estimate of drug-likeness (QED) is 0.370. The van der Waals surface area contributed by atoms with E-state index in [0.717, 1.165) is 24.2 Å². The van der Waals surface area contributed by atoms with Gasteiger partial charge in [0.05, 0.1) is 16.1 Å². The molecule has 36 heavy (non-hydrogen) atoms. The van der Waals surface area contributed by atoms with Crippen molar-refractivity contribution in [2.75, 3.05) is 16.8 Å². The van der Waals surface area contributed by atoms with Crippen molar-refractivity contribution < 1.29 is 9.59 Å². The highest BCUT2D eigenvalue weighted by Crippen LogP contribution is 2.30. The van der Waals surface area contributed by atoms with Gasteiger partial charge in [-0.1, -0.05) is 54.1 Å². The second kappa shape index (κ2) is 10.6. The third-order valence-corrected chi connectivity index (χ3v) is 6.59. The Kier molecular flexibility index (Phi) is 6.96. The van der Waals surface area contributed by atoms with E-state index in [2.05, 4.69) is 38.7 Å². The summed E-state index contributed by atoms with van der Waals surface area (Å²) >= 11 is 6.20. The van der Waals surface area contributed by atoms with E-state index in [1.807, 2.05) is 30.3 Å². The van der Waals surface area contributed by atoms with Gasteiger partial charge in [0.2, 0.25) is 0 Å². The number of hydrogen-bond acceptors (Lipinski definition) is 4. The van der Waals surface area contributed by atoms with Crippen molar-refractivity contribution in [1.82, 2.24) is 10.3 Å². The average molecular weight is 497 g/mol. The van der Waals surface area contributed by atoms with Gasteiger partial charge in [-0.2, -0.15) is 0 Å². The molecule has 180 valence electrons. The number of nitrogens with one attached hydrogen (secondary N) is 2. The number of anilines is 2. The minimum Gasteiger partial charge on any atom is -0.366 e. The predicted octanol–water partition coefficient (Wildman–Crippen LogP) is 5.48. The maximum Gasteiger partial charge on any atom is 0.257 e. The zero-order chi connectivity index (χ0) is 24.9. The van der Waals surface area contributed by atoms with E-state index in [-0.39, 0.29) is 11.8 Å². The zero-order valence-electron chi connectivity index (χ0n) is 19.6. The molecule has 7 heteroatoms. The van der Waals surface area contributed by atoms with Crippen molar-refractivity contribution >= 4 is 34.8 Å². The summed E-state index contributed by atoms with van der Waals surface area (Å²) in [7, 11) is 0. The molecule has 2 N–H and O–H groups in total. The van der Waals surface area contributed by atoms with E-state index in [0.29, 0.717) is 34.9 Å². The lowest BCUT2D eigenvalue weighted by molar-refractivity contribution is 0.0950. The number of halogens is 1.